The third-order valence-corrected chi connectivity index (χ3v) is 6.01. The van der Waals surface area contributed by atoms with E-state index in [0.717, 1.165) is 0 Å². The molecular formula is C20H18ClNO6S. The van der Waals surface area contributed by atoms with Crippen LogP contribution in [0, 0.1) is 0 Å². The van der Waals surface area contributed by atoms with Crippen LogP contribution in [0.3, 0.4) is 0 Å². The quantitative estimate of drug-likeness (QED) is 0.598. The number of ether oxygens (including phenoxy) is 2. The molecule has 0 aliphatic heterocycles. The second-order valence-electron chi connectivity index (χ2n) is 5.98. The van der Waals surface area contributed by atoms with Gasteiger partial charge in [-0.2, -0.15) is 0 Å². The average Bonchev–Trinajstić information content (AvgIpc) is 3.17. The van der Waals surface area contributed by atoms with Crippen molar-refractivity contribution < 1.29 is 27.1 Å². The van der Waals surface area contributed by atoms with Crippen LogP contribution in [0.2, 0.25) is 5.02 Å². The zero-order valence-electron chi connectivity index (χ0n) is 15.6. The molecule has 0 radical (unpaired) electrons. The summed E-state index contributed by atoms with van der Waals surface area (Å²) in [7, 11) is -0.651. The van der Waals surface area contributed by atoms with Crippen LogP contribution in [0.25, 0.3) is 0 Å². The number of sulfone groups is 1. The van der Waals surface area contributed by atoms with Crippen molar-refractivity contribution in [3.63, 3.8) is 0 Å². The van der Waals surface area contributed by atoms with Gasteiger partial charge < -0.3 is 19.2 Å². The molecule has 3 rings (SSSR count). The normalized spacial score (nSPS) is 11.1. The molecule has 0 unspecified atom stereocenters. The molecule has 1 aromatic heterocycles. The Morgan fingerprint density at radius 1 is 1.03 bits per heavy atom. The highest BCUT2D eigenvalue weighted by molar-refractivity contribution is 7.90. The first-order valence-electron chi connectivity index (χ1n) is 8.43. The van der Waals surface area contributed by atoms with Crippen molar-refractivity contribution in [2.45, 2.75) is 10.6 Å². The molecule has 152 valence electrons. The Bertz CT molecular complexity index is 1130. The first-order valence-corrected chi connectivity index (χ1v) is 10.5. The maximum Gasteiger partial charge on any atom is 0.291 e. The number of hydrogen-bond acceptors (Lipinski definition) is 6. The van der Waals surface area contributed by atoms with E-state index in [1.54, 1.807) is 18.2 Å². The van der Waals surface area contributed by atoms with E-state index in [0.29, 0.717) is 17.2 Å². The van der Waals surface area contributed by atoms with Crippen LogP contribution >= 0.6 is 11.6 Å². The fourth-order valence-electron chi connectivity index (χ4n) is 2.61. The Labute approximate surface area is 173 Å². The number of methoxy groups -OCH3 is 2. The summed E-state index contributed by atoms with van der Waals surface area (Å²) in [5.41, 5.74) is 0.296. The number of hydrogen-bond donors (Lipinski definition) is 1. The monoisotopic (exact) mass is 435 g/mol. The van der Waals surface area contributed by atoms with Gasteiger partial charge in [-0.05, 0) is 24.3 Å². The van der Waals surface area contributed by atoms with Crippen LogP contribution < -0.4 is 14.8 Å². The fourth-order valence-corrected chi connectivity index (χ4v) is 4.08. The first-order chi connectivity index (χ1) is 13.8. The minimum absolute atomic E-state index is 0.0471. The van der Waals surface area contributed by atoms with Gasteiger partial charge in [0, 0.05) is 12.1 Å². The van der Waals surface area contributed by atoms with Gasteiger partial charge in [0.2, 0.25) is 0 Å². The van der Waals surface area contributed by atoms with E-state index in [1.165, 1.54) is 50.6 Å². The highest BCUT2D eigenvalue weighted by Gasteiger charge is 2.20. The lowest BCUT2D eigenvalue weighted by molar-refractivity contribution is 0.0995. The van der Waals surface area contributed by atoms with Gasteiger partial charge in [-0.1, -0.05) is 29.8 Å². The highest BCUT2D eigenvalue weighted by atomic mass is 35.5. The average molecular weight is 436 g/mol. The number of amides is 1. The molecule has 7 nitrogen and oxygen atoms in total. The van der Waals surface area contributed by atoms with Crippen molar-refractivity contribution in [2.75, 3.05) is 19.5 Å². The summed E-state index contributed by atoms with van der Waals surface area (Å²) in [6, 6.07) is 13.9. The van der Waals surface area contributed by atoms with Crippen LogP contribution in [0.4, 0.5) is 5.69 Å². The minimum Gasteiger partial charge on any atom is -0.493 e. The van der Waals surface area contributed by atoms with Gasteiger partial charge in [0.1, 0.15) is 11.5 Å². The summed E-state index contributed by atoms with van der Waals surface area (Å²) in [5, 5.41) is 2.86. The second kappa shape index (κ2) is 8.59. The summed E-state index contributed by atoms with van der Waals surface area (Å²) in [4.78, 5) is 12.7. The molecule has 0 fully saturated rings. The van der Waals surface area contributed by atoms with Crippen molar-refractivity contribution in [2.24, 2.45) is 0 Å². The maximum atomic E-state index is 12.5. The van der Waals surface area contributed by atoms with Crippen LogP contribution in [0.5, 0.6) is 11.5 Å². The number of nitrogens with one attached hydrogen (secondary N) is 1. The van der Waals surface area contributed by atoms with Gasteiger partial charge in [0.25, 0.3) is 5.91 Å². The fraction of sp³-hybridized carbons (Fsp3) is 0.150. The predicted octanol–water partition coefficient (Wildman–Crippen LogP) is 4.18. The standard InChI is InChI=1S/C20H18ClNO6S/c1-26-18-10-15(21)16(11-19(18)27-2)22-20(23)17-9-8-13(28-17)12-29(24,25)14-6-4-3-5-7-14/h3-11H,12H2,1-2H3,(H,22,23). The smallest absolute Gasteiger partial charge is 0.291 e. The third-order valence-electron chi connectivity index (χ3n) is 4.04. The van der Waals surface area contributed by atoms with Crippen LogP contribution in [0.1, 0.15) is 16.3 Å². The number of halogens is 1. The van der Waals surface area contributed by atoms with E-state index < -0.39 is 15.7 Å². The Hall–Kier alpha value is -2.97. The Morgan fingerprint density at radius 3 is 2.34 bits per heavy atom. The van der Waals surface area contributed by atoms with Crippen LogP contribution in [-0.4, -0.2) is 28.5 Å². The molecular weight excluding hydrogens is 418 g/mol. The number of carbonyl (C=O) groups is 1. The van der Waals surface area contributed by atoms with Gasteiger partial charge in [0.05, 0.1) is 29.8 Å². The molecule has 0 saturated carbocycles. The van der Waals surface area contributed by atoms with Crippen molar-refractivity contribution in [3.05, 3.63) is 71.1 Å². The molecule has 2 aromatic carbocycles. The molecule has 1 N–H and O–H groups in total. The molecule has 9 heteroatoms. The SMILES string of the molecule is COc1cc(Cl)c(NC(=O)c2ccc(CS(=O)(=O)c3ccccc3)o2)cc1OC. The molecule has 1 amide bonds. The Morgan fingerprint density at radius 2 is 1.69 bits per heavy atom. The van der Waals surface area contributed by atoms with E-state index in [9.17, 15) is 13.2 Å². The zero-order valence-corrected chi connectivity index (χ0v) is 17.2. The summed E-state index contributed by atoms with van der Waals surface area (Å²) >= 11 is 6.17. The second-order valence-corrected chi connectivity index (χ2v) is 8.38. The van der Waals surface area contributed by atoms with Gasteiger partial charge in [-0.25, -0.2) is 8.42 Å². The zero-order chi connectivity index (χ0) is 21.0. The molecule has 0 aliphatic carbocycles. The number of benzene rings is 2. The van der Waals surface area contributed by atoms with Gasteiger partial charge in [-0.15, -0.1) is 0 Å². The Kier molecular flexibility index (Phi) is 6.14. The summed E-state index contributed by atoms with van der Waals surface area (Å²) < 4.78 is 40.7. The Balaban J connectivity index is 1.76. The molecule has 1 heterocycles. The summed E-state index contributed by atoms with van der Waals surface area (Å²) in [6.07, 6.45) is 0. The molecule has 29 heavy (non-hydrogen) atoms. The number of rotatable bonds is 7. The van der Waals surface area contributed by atoms with Crippen LogP contribution in [0.15, 0.2) is 63.9 Å². The lowest BCUT2D eigenvalue weighted by atomic mass is 10.2. The largest absolute Gasteiger partial charge is 0.493 e. The lowest BCUT2D eigenvalue weighted by Crippen LogP contribution is -2.11. The predicted molar refractivity (Wildman–Crippen MR) is 109 cm³/mol. The van der Waals surface area contributed by atoms with Crippen molar-refractivity contribution in [1.82, 2.24) is 0 Å². The van der Waals surface area contributed by atoms with Crippen molar-refractivity contribution in [3.8, 4) is 11.5 Å². The molecule has 3 aromatic rings. The topological polar surface area (TPSA) is 94.8 Å². The molecule has 0 spiro atoms. The lowest BCUT2D eigenvalue weighted by Gasteiger charge is -2.12. The number of anilines is 1. The van der Waals surface area contributed by atoms with E-state index in [4.69, 9.17) is 25.5 Å². The van der Waals surface area contributed by atoms with Gasteiger partial charge in [-0.3, -0.25) is 4.79 Å². The third kappa shape index (κ3) is 4.72. The molecule has 0 bridgehead atoms. The minimum atomic E-state index is -3.59. The number of furan rings is 1. The van der Waals surface area contributed by atoms with E-state index in [2.05, 4.69) is 5.32 Å². The van der Waals surface area contributed by atoms with Crippen molar-refractivity contribution in [1.29, 1.82) is 0 Å². The van der Waals surface area contributed by atoms with E-state index in [1.807, 2.05) is 0 Å². The maximum absolute atomic E-state index is 12.5. The first kappa shape index (κ1) is 20.8. The van der Waals surface area contributed by atoms with E-state index in [-0.39, 0.29) is 27.2 Å². The summed E-state index contributed by atoms with van der Waals surface area (Å²) in [6.45, 7) is 0. The van der Waals surface area contributed by atoms with Gasteiger partial charge in [0.15, 0.2) is 27.1 Å². The van der Waals surface area contributed by atoms with Gasteiger partial charge >= 0.3 is 0 Å². The van der Waals surface area contributed by atoms with Crippen molar-refractivity contribution >= 4 is 33.0 Å². The molecule has 0 saturated heterocycles. The highest BCUT2D eigenvalue weighted by Crippen LogP contribution is 2.36. The summed E-state index contributed by atoms with van der Waals surface area (Å²) in [5.74, 6) is -0.0290. The molecule has 0 atom stereocenters. The van der Waals surface area contributed by atoms with E-state index >= 15 is 0 Å². The van der Waals surface area contributed by atoms with Crippen LogP contribution in [-0.2, 0) is 15.6 Å². The molecule has 0 aliphatic rings. The number of carbonyl (C=O) groups excluding carboxylic acids is 1.